The number of rotatable bonds is 11. The average Bonchev–Trinajstić information content (AvgIpc) is 2.93. The number of aryl methyl sites for hydroxylation is 1. The smallest absolute Gasteiger partial charge is 0.266 e. The first-order chi connectivity index (χ1) is 18.4. The molecule has 0 saturated heterocycles. The van der Waals surface area contributed by atoms with E-state index in [0.29, 0.717) is 54.3 Å². The van der Waals surface area contributed by atoms with Gasteiger partial charge in [0.05, 0.1) is 29.2 Å². The lowest BCUT2D eigenvalue weighted by atomic mass is 10.1. The van der Waals surface area contributed by atoms with E-state index in [9.17, 15) is 9.59 Å². The summed E-state index contributed by atoms with van der Waals surface area (Å²) in [6, 6.07) is 24.5. The van der Waals surface area contributed by atoms with Crippen LogP contribution in [0.5, 0.6) is 5.75 Å². The Morgan fingerprint density at radius 3 is 2.32 bits per heavy atom. The minimum absolute atomic E-state index is 0.0580. The summed E-state index contributed by atoms with van der Waals surface area (Å²) in [7, 11) is 0. The molecule has 1 unspecified atom stereocenters. The molecule has 6 heteroatoms. The highest BCUT2D eigenvalue weighted by Crippen LogP contribution is 2.26. The lowest BCUT2D eigenvalue weighted by molar-refractivity contribution is -0.133. The summed E-state index contributed by atoms with van der Waals surface area (Å²) in [5.41, 5.74) is 2.30. The molecular weight excluding hydrogens is 474 g/mol. The molecule has 0 N–H and O–H groups in total. The van der Waals surface area contributed by atoms with Crippen LogP contribution in [0.4, 0.5) is 0 Å². The highest BCUT2D eigenvalue weighted by molar-refractivity contribution is 5.79. The van der Waals surface area contributed by atoms with Crippen molar-refractivity contribution in [3.63, 3.8) is 0 Å². The van der Waals surface area contributed by atoms with Gasteiger partial charge in [0.2, 0.25) is 5.91 Å². The van der Waals surface area contributed by atoms with Crippen molar-refractivity contribution >= 4 is 16.8 Å². The molecule has 0 fully saturated rings. The Morgan fingerprint density at radius 2 is 1.63 bits per heavy atom. The maximum absolute atomic E-state index is 13.8. The highest BCUT2D eigenvalue weighted by atomic mass is 16.5. The monoisotopic (exact) mass is 511 g/mol. The van der Waals surface area contributed by atoms with Gasteiger partial charge in [-0.05, 0) is 74.6 Å². The summed E-state index contributed by atoms with van der Waals surface area (Å²) in [6.07, 6.45) is 1.93. The van der Waals surface area contributed by atoms with Gasteiger partial charge in [-0.3, -0.25) is 14.2 Å². The summed E-state index contributed by atoms with van der Waals surface area (Å²) in [4.78, 5) is 34.3. The Bertz CT molecular complexity index is 1410. The number of carbonyl (C=O) groups excluding carboxylic acids is 1. The average molecular weight is 512 g/mol. The minimum Gasteiger partial charge on any atom is -0.494 e. The predicted octanol–water partition coefficient (Wildman–Crippen LogP) is 6.35. The van der Waals surface area contributed by atoms with E-state index in [1.165, 1.54) is 0 Å². The van der Waals surface area contributed by atoms with Crippen LogP contribution in [0.15, 0.2) is 83.7 Å². The fourth-order valence-electron chi connectivity index (χ4n) is 4.65. The summed E-state index contributed by atoms with van der Waals surface area (Å²) >= 11 is 0. The topological polar surface area (TPSA) is 64.4 Å². The molecule has 3 aromatic carbocycles. The predicted molar refractivity (Wildman–Crippen MR) is 153 cm³/mol. The summed E-state index contributed by atoms with van der Waals surface area (Å²) < 4.78 is 7.25. The van der Waals surface area contributed by atoms with E-state index in [2.05, 4.69) is 13.8 Å². The van der Waals surface area contributed by atoms with Crippen molar-refractivity contribution in [2.24, 2.45) is 5.92 Å². The molecule has 4 aromatic rings. The summed E-state index contributed by atoms with van der Waals surface area (Å²) in [5, 5.41) is 0.543. The standard InChI is InChI=1S/C32H37N3O3/c1-5-38-27-18-16-26(17-19-27)35-31(33-29-14-10-9-13-28(29)32(35)37)24(4)34(22-21-23(2)3)30(36)20-15-25-11-7-6-8-12-25/h6-14,16-19,23-24H,5,15,20-22H2,1-4H3. The SMILES string of the molecule is CCOc1ccc(-n2c(C(C)N(CCC(C)C)C(=O)CCc3ccccc3)nc3ccccc3c2=O)cc1. The van der Waals surface area contributed by atoms with E-state index in [-0.39, 0.29) is 11.5 Å². The van der Waals surface area contributed by atoms with Gasteiger partial charge in [0.25, 0.3) is 5.56 Å². The molecule has 1 atom stereocenters. The first-order valence-corrected chi connectivity index (χ1v) is 13.5. The second-order valence-electron chi connectivity index (χ2n) is 9.99. The van der Waals surface area contributed by atoms with Crippen LogP contribution in [0, 0.1) is 5.92 Å². The molecule has 0 saturated carbocycles. The summed E-state index contributed by atoms with van der Waals surface area (Å²) in [6.45, 7) is 9.38. The number of carbonyl (C=O) groups is 1. The number of amides is 1. The van der Waals surface area contributed by atoms with E-state index in [4.69, 9.17) is 9.72 Å². The molecule has 198 valence electrons. The summed E-state index contributed by atoms with van der Waals surface area (Å²) in [5.74, 6) is 1.78. The zero-order chi connectivity index (χ0) is 27.1. The molecule has 0 spiro atoms. The fourth-order valence-corrected chi connectivity index (χ4v) is 4.65. The molecule has 6 nitrogen and oxygen atoms in total. The lowest BCUT2D eigenvalue weighted by Crippen LogP contribution is -2.38. The van der Waals surface area contributed by atoms with Crippen LogP contribution in [0.2, 0.25) is 0 Å². The van der Waals surface area contributed by atoms with Crippen LogP contribution < -0.4 is 10.3 Å². The van der Waals surface area contributed by atoms with Crippen LogP contribution in [0.1, 0.15) is 58.0 Å². The van der Waals surface area contributed by atoms with Crippen molar-refractivity contribution in [3.8, 4) is 11.4 Å². The number of hydrogen-bond donors (Lipinski definition) is 0. The van der Waals surface area contributed by atoms with Crippen LogP contribution >= 0.6 is 0 Å². The minimum atomic E-state index is -0.402. The van der Waals surface area contributed by atoms with Gasteiger partial charge >= 0.3 is 0 Å². The largest absolute Gasteiger partial charge is 0.494 e. The molecule has 0 bridgehead atoms. The van der Waals surface area contributed by atoms with E-state index >= 15 is 0 Å². The van der Waals surface area contributed by atoms with Gasteiger partial charge in [-0.15, -0.1) is 0 Å². The third-order valence-corrected chi connectivity index (χ3v) is 6.79. The second-order valence-corrected chi connectivity index (χ2v) is 9.99. The maximum atomic E-state index is 13.8. The molecule has 0 aliphatic rings. The van der Waals surface area contributed by atoms with E-state index < -0.39 is 6.04 Å². The number of para-hydroxylation sites is 1. The number of aromatic nitrogens is 2. The third kappa shape index (κ3) is 6.31. The van der Waals surface area contributed by atoms with Gasteiger partial charge in [0.1, 0.15) is 11.6 Å². The number of hydrogen-bond acceptors (Lipinski definition) is 4. The van der Waals surface area contributed by atoms with Crippen LogP contribution in [0.3, 0.4) is 0 Å². The van der Waals surface area contributed by atoms with Crippen LogP contribution in [-0.2, 0) is 11.2 Å². The molecule has 0 radical (unpaired) electrons. The molecule has 0 aliphatic heterocycles. The number of fused-ring (bicyclic) bond motifs is 1. The Balaban J connectivity index is 1.76. The van der Waals surface area contributed by atoms with Gasteiger partial charge < -0.3 is 9.64 Å². The molecule has 1 aromatic heterocycles. The quantitative estimate of drug-likeness (QED) is 0.235. The lowest BCUT2D eigenvalue weighted by Gasteiger charge is -2.31. The number of benzene rings is 3. The number of nitrogens with zero attached hydrogens (tertiary/aromatic N) is 3. The highest BCUT2D eigenvalue weighted by Gasteiger charge is 2.27. The Kier molecular flexibility index (Phi) is 8.95. The van der Waals surface area contributed by atoms with Crippen LogP contribution in [-0.4, -0.2) is 33.5 Å². The van der Waals surface area contributed by atoms with Crippen molar-refractivity contribution in [1.82, 2.24) is 14.5 Å². The van der Waals surface area contributed by atoms with Crippen molar-refractivity contribution in [3.05, 3.63) is 101 Å². The van der Waals surface area contributed by atoms with Crippen molar-refractivity contribution in [2.45, 2.75) is 53.0 Å². The van der Waals surface area contributed by atoms with Gasteiger partial charge in [0, 0.05) is 13.0 Å². The number of ether oxygens (including phenoxy) is 1. The Labute approximate surface area is 224 Å². The Morgan fingerprint density at radius 1 is 0.947 bits per heavy atom. The van der Waals surface area contributed by atoms with E-state index in [0.717, 1.165) is 17.7 Å². The van der Waals surface area contributed by atoms with Crippen molar-refractivity contribution in [2.75, 3.05) is 13.2 Å². The van der Waals surface area contributed by atoms with Crippen LogP contribution in [0.25, 0.3) is 16.6 Å². The normalized spacial score (nSPS) is 12.0. The maximum Gasteiger partial charge on any atom is 0.266 e. The van der Waals surface area contributed by atoms with Gasteiger partial charge in [-0.25, -0.2) is 4.98 Å². The molecule has 1 heterocycles. The van der Waals surface area contributed by atoms with Gasteiger partial charge in [0.15, 0.2) is 0 Å². The molecule has 0 aliphatic carbocycles. The van der Waals surface area contributed by atoms with Crippen molar-refractivity contribution in [1.29, 1.82) is 0 Å². The van der Waals surface area contributed by atoms with Gasteiger partial charge in [-0.2, -0.15) is 0 Å². The van der Waals surface area contributed by atoms with E-state index in [1.54, 1.807) is 10.6 Å². The zero-order valence-corrected chi connectivity index (χ0v) is 22.8. The first kappa shape index (κ1) is 27.1. The molecule has 4 rings (SSSR count). The third-order valence-electron chi connectivity index (χ3n) is 6.79. The molecular formula is C32H37N3O3. The Hall–Kier alpha value is -3.93. The van der Waals surface area contributed by atoms with Gasteiger partial charge in [-0.1, -0.05) is 56.3 Å². The first-order valence-electron chi connectivity index (χ1n) is 13.5. The van der Waals surface area contributed by atoms with Crippen molar-refractivity contribution < 1.29 is 9.53 Å². The molecule has 38 heavy (non-hydrogen) atoms. The molecule has 1 amide bonds. The van der Waals surface area contributed by atoms with E-state index in [1.807, 2.05) is 91.5 Å². The second kappa shape index (κ2) is 12.5. The zero-order valence-electron chi connectivity index (χ0n) is 22.8. The fraction of sp³-hybridized carbons (Fsp3) is 0.344.